The molecule has 230 valence electrons. The monoisotopic (exact) mass is 617 g/mol. The maximum absolute atomic E-state index is 13.8. The number of rotatable bonds is 7. The topological polar surface area (TPSA) is 175 Å². The van der Waals surface area contributed by atoms with Crippen molar-refractivity contribution in [3.05, 3.63) is 110 Å². The number of aryl methyl sites for hydroxylation is 4. The Labute approximate surface area is 260 Å². The molecule has 0 saturated carbocycles. The molecule has 0 aliphatic rings. The third kappa shape index (κ3) is 5.15. The van der Waals surface area contributed by atoms with Crippen LogP contribution in [0.1, 0.15) is 39.2 Å². The van der Waals surface area contributed by atoms with Crippen LogP contribution in [0.25, 0.3) is 27.7 Å². The van der Waals surface area contributed by atoms with Gasteiger partial charge >= 0.3 is 0 Å². The highest BCUT2D eigenvalue weighted by molar-refractivity contribution is 6.11. The van der Waals surface area contributed by atoms with Gasteiger partial charge in [-0.3, -0.25) is 28.5 Å². The first-order valence-corrected chi connectivity index (χ1v) is 14.2. The van der Waals surface area contributed by atoms with E-state index < -0.39 is 17.4 Å². The van der Waals surface area contributed by atoms with Gasteiger partial charge in [0.15, 0.2) is 11.5 Å². The zero-order chi connectivity index (χ0) is 32.7. The number of amides is 2. The number of benzene rings is 2. The van der Waals surface area contributed by atoms with Gasteiger partial charge in [-0.25, -0.2) is 9.67 Å². The summed E-state index contributed by atoms with van der Waals surface area (Å²) in [6, 6.07) is 18.2. The Kier molecular flexibility index (Phi) is 7.42. The van der Waals surface area contributed by atoms with Crippen molar-refractivity contribution in [2.24, 2.45) is 14.1 Å². The van der Waals surface area contributed by atoms with Crippen LogP contribution < -0.4 is 21.8 Å². The van der Waals surface area contributed by atoms with E-state index >= 15 is 0 Å². The van der Waals surface area contributed by atoms with Crippen LogP contribution in [0, 0.1) is 18.3 Å². The second-order valence-corrected chi connectivity index (χ2v) is 10.5. The third-order valence-electron chi connectivity index (χ3n) is 7.35. The van der Waals surface area contributed by atoms with Gasteiger partial charge in [-0.2, -0.15) is 15.1 Å². The molecule has 0 aliphatic carbocycles. The Balaban J connectivity index is 1.36. The van der Waals surface area contributed by atoms with Crippen molar-refractivity contribution in [2.45, 2.75) is 20.4 Å². The standard InChI is InChI=1S/C32H27N9O5/c1-5-40-28-23(31(44)41(40)22-11-9-19(10-12-22)26-24(17-33)46-39(4)32(26)45)15-18(2)34-27(28)30(43)35-21-8-6-7-20(16-21)29(42)36-25-13-14-38(3)37-25/h6-16H,5H2,1-4H3,(H,35,43)(H,36,37,42). The summed E-state index contributed by atoms with van der Waals surface area (Å²) in [5.41, 5.74) is 1.73. The first-order chi connectivity index (χ1) is 22.1. The van der Waals surface area contributed by atoms with Crippen molar-refractivity contribution < 1.29 is 14.1 Å². The predicted octanol–water partition coefficient (Wildman–Crippen LogP) is 3.58. The number of hydrogen-bond donors (Lipinski definition) is 2. The highest BCUT2D eigenvalue weighted by atomic mass is 16.5. The summed E-state index contributed by atoms with van der Waals surface area (Å²) >= 11 is 0. The average molecular weight is 618 g/mol. The van der Waals surface area contributed by atoms with Crippen LogP contribution in [0.4, 0.5) is 11.5 Å². The van der Waals surface area contributed by atoms with Crippen LogP contribution >= 0.6 is 0 Å². The van der Waals surface area contributed by atoms with Crippen molar-refractivity contribution in [2.75, 3.05) is 10.6 Å². The van der Waals surface area contributed by atoms with Crippen LogP contribution in [0.3, 0.4) is 0 Å². The minimum absolute atomic E-state index is 0.0354. The number of hydrogen-bond acceptors (Lipinski definition) is 8. The van der Waals surface area contributed by atoms with Crippen molar-refractivity contribution in [3.63, 3.8) is 0 Å². The highest BCUT2D eigenvalue weighted by Crippen LogP contribution is 2.25. The number of nitrogens with zero attached hydrogens (tertiary/aromatic N) is 7. The highest BCUT2D eigenvalue weighted by Gasteiger charge is 2.24. The Morgan fingerprint density at radius 2 is 1.74 bits per heavy atom. The second kappa shape index (κ2) is 11.5. The van der Waals surface area contributed by atoms with E-state index in [9.17, 15) is 24.4 Å². The largest absolute Gasteiger partial charge is 0.365 e. The molecule has 0 radical (unpaired) electrons. The van der Waals surface area contributed by atoms with E-state index in [2.05, 4.69) is 20.7 Å². The number of anilines is 2. The molecule has 6 rings (SSSR count). The second-order valence-electron chi connectivity index (χ2n) is 10.5. The molecular weight excluding hydrogens is 590 g/mol. The maximum atomic E-state index is 13.8. The zero-order valence-corrected chi connectivity index (χ0v) is 25.2. The molecule has 14 nitrogen and oxygen atoms in total. The van der Waals surface area contributed by atoms with E-state index in [-0.39, 0.29) is 22.6 Å². The lowest BCUT2D eigenvalue weighted by atomic mass is 10.1. The molecule has 4 heterocycles. The van der Waals surface area contributed by atoms with E-state index in [0.717, 1.165) is 4.74 Å². The Bertz CT molecular complexity index is 2330. The Hall–Kier alpha value is -6.49. The van der Waals surface area contributed by atoms with Gasteiger partial charge in [0.1, 0.15) is 17.1 Å². The molecule has 4 aromatic heterocycles. The molecule has 0 unspecified atom stereocenters. The van der Waals surface area contributed by atoms with Crippen molar-refractivity contribution in [1.82, 2.24) is 28.9 Å². The number of nitriles is 1. The summed E-state index contributed by atoms with van der Waals surface area (Å²) in [5.74, 6) is -0.685. The maximum Gasteiger partial charge on any atom is 0.291 e. The smallest absolute Gasteiger partial charge is 0.291 e. The van der Waals surface area contributed by atoms with Crippen molar-refractivity contribution in [1.29, 1.82) is 5.26 Å². The molecule has 0 bridgehead atoms. The molecular formula is C32H27N9O5. The van der Waals surface area contributed by atoms with Crippen LogP contribution in [-0.2, 0) is 20.6 Å². The number of pyridine rings is 1. The lowest BCUT2D eigenvalue weighted by Gasteiger charge is -2.13. The molecule has 14 heteroatoms. The van der Waals surface area contributed by atoms with Crippen LogP contribution in [-0.4, -0.2) is 40.7 Å². The lowest BCUT2D eigenvalue weighted by Crippen LogP contribution is -2.21. The van der Waals surface area contributed by atoms with Crippen molar-refractivity contribution in [3.8, 4) is 22.9 Å². The van der Waals surface area contributed by atoms with Gasteiger partial charge in [-0.1, -0.05) is 18.2 Å². The lowest BCUT2D eigenvalue weighted by molar-refractivity contribution is 0.101. The summed E-state index contributed by atoms with van der Waals surface area (Å²) in [6.07, 6.45) is 1.70. The molecule has 0 spiro atoms. The number of carbonyl (C=O) groups excluding carboxylic acids is 2. The van der Waals surface area contributed by atoms with Gasteiger partial charge in [0, 0.05) is 49.8 Å². The fraction of sp³-hybridized carbons (Fsp3) is 0.156. The molecule has 0 aliphatic heterocycles. The summed E-state index contributed by atoms with van der Waals surface area (Å²) < 4.78 is 10.8. The molecule has 6 aromatic rings. The summed E-state index contributed by atoms with van der Waals surface area (Å²) in [4.78, 5) is 57.4. The molecule has 2 aromatic carbocycles. The van der Waals surface area contributed by atoms with Crippen LogP contribution in [0.2, 0.25) is 0 Å². The van der Waals surface area contributed by atoms with Crippen LogP contribution in [0.15, 0.2) is 81.0 Å². The molecule has 2 amide bonds. The minimum Gasteiger partial charge on any atom is -0.365 e. The molecule has 0 fully saturated rings. The Morgan fingerprint density at radius 1 is 0.978 bits per heavy atom. The normalized spacial score (nSPS) is 11.0. The minimum atomic E-state index is -0.564. The third-order valence-corrected chi connectivity index (χ3v) is 7.35. The van der Waals surface area contributed by atoms with Gasteiger partial charge < -0.3 is 15.2 Å². The van der Waals surface area contributed by atoms with Gasteiger partial charge in [0.05, 0.1) is 11.1 Å². The molecule has 46 heavy (non-hydrogen) atoms. The summed E-state index contributed by atoms with van der Waals surface area (Å²) in [6.45, 7) is 3.84. The summed E-state index contributed by atoms with van der Waals surface area (Å²) in [5, 5.41) is 19.4. The van der Waals surface area contributed by atoms with E-state index in [0.29, 0.717) is 51.5 Å². The van der Waals surface area contributed by atoms with Gasteiger partial charge in [0.25, 0.3) is 22.9 Å². The van der Waals surface area contributed by atoms with E-state index in [4.69, 9.17) is 4.52 Å². The number of aromatic nitrogens is 6. The van der Waals surface area contributed by atoms with E-state index in [1.807, 2.05) is 13.0 Å². The average Bonchev–Trinajstić information content (AvgIpc) is 3.68. The first kappa shape index (κ1) is 29.6. The van der Waals surface area contributed by atoms with Crippen LogP contribution in [0.5, 0.6) is 0 Å². The molecule has 2 N–H and O–H groups in total. The number of carbonyl (C=O) groups is 2. The molecule has 0 saturated heterocycles. The fourth-order valence-electron chi connectivity index (χ4n) is 5.31. The first-order valence-electron chi connectivity index (χ1n) is 14.2. The number of fused-ring (bicyclic) bond motifs is 1. The SMILES string of the molecule is CCn1c2c(C(=O)Nc3cccc(C(=O)Nc4ccn(C)n4)c3)nc(C)cc2c(=O)n1-c1ccc(-c2c(C#N)on(C)c2=O)cc1. The zero-order valence-electron chi connectivity index (χ0n) is 25.2. The van der Waals surface area contributed by atoms with Gasteiger partial charge in [0.2, 0.25) is 5.76 Å². The van der Waals surface area contributed by atoms with Gasteiger partial charge in [-0.15, -0.1) is 0 Å². The van der Waals surface area contributed by atoms with Gasteiger partial charge in [-0.05, 0) is 55.8 Å². The number of nitrogens with one attached hydrogen (secondary N) is 2. The predicted molar refractivity (Wildman–Crippen MR) is 169 cm³/mol. The molecule has 0 atom stereocenters. The van der Waals surface area contributed by atoms with E-state index in [1.54, 1.807) is 84.1 Å². The summed E-state index contributed by atoms with van der Waals surface area (Å²) in [7, 11) is 3.16. The Morgan fingerprint density at radius 3 is 2.41 bits per heavy atom. The fourth-order valence-corrected chi connectivity index (χ4v) is 5.31. The van der Waals surface area contributed by atoms with E-state index in [1.165, 1.54) is 17.8 Å². The quantitative estimate of drug-likeness (QED) is 0.273. The van der Waals surface area contributed by atoms with Crippen molar-refractivity contribution >= 4 is 34.2 Å².